The van der Waals surface area contributed by atoms with Gasteiger partial charge in [-0.15, -0.1) is 0 Å². The topological polar surface area (TPSA) is 124 Å². The highest BCUT2D eigenvalue weighted by molar-refractivity contribution is 6.05. The van der Waals surface area contributed by atoms with Gasteiger partial charge in [0.15, 0.2) is 34.9 Å². The summed E-state index contributed by atoms with van der Waals surface area (Å²) >= 11 is 0. The molecule has 3 aromatic carbocycles. The molecule has 5 atom stereocenters. The van der Waals surface area contributed by atoms with Crippen LogP contribution in [-0.2, 0) is 32.2 Å². The molecule has 4 aliphatic heterocycles. The minimum Gasteiger partial charge on any atom is -0.493 e. The van der Waals surface area contributed by atoms with Gasteiger partial charge in [0.25, 0.3) is 0 Å². The quantitative estimate of drug-likeness (QED) is 0.456. The predicted octanol–water partition coefficient (Wildman–Crippen LogP) is 3.26. The van der Waals surface area contributed by atoms with Gasteiger partial charge >= 0.3 is 0 Å². The molecule has 0 radical (unpaired) electrons. The summed E-state index contributed by atoms with van der Waals surface area (Å²) in [5.74, 6) is 1.99. The largest absolute Gasteiger partial charge is 0.493 e. The van der Waals surface area contributed by atoms with Crippen molar-refractivity contribution in [2.24, 2.45) is 0 Å². The molecule has 0 aliphatic carbocycles. The molecule has 1 unspecified atom stereocenters. The van der Waals surface area contributed by atoms with Crippen LogP contribution >= 0.6 is 0 Å². The van der Waals surface area contributed by atoms with Gasteiger partial charge in [0.1, 0.15) is 24.1 Å². The Morgan fingerprint density at radius 3 is 2.37 bits per heavy atom. The van der Waals surface area contributed by atoms with Crippen LogP contribution in [0.5, 0.6) is 28.7 Å². The summed E-state index contributed by atoms with van der Waals surface area (Å²) in [5, 5.41) is 22.4. The van der Waals surface area contributed by atoms with Crippen molar-refractivity contribution in [3.8, 4) is 39.9 Å². The Morgan fingerprint density at radius 1 is 0.902 bits per heavy atom. The Hall–Kier alpha value is -3.32. The summed E-state index contributed by atoms with van der Waals surface area (Å²) in [4.78, 5) is 0. The standard InChI is InChI=1S/C30H32O11/c1-30(2)40-27-25(32)23(10-31)38-29(28(27)41-30)39-26-16-9-21(34-4)20(33-3)8-15(16)24(17-11-35-12-18(17)26)14-5-6-19-22(7-14)37-13-36-19/h5-9,23,25,27-29,31-32H,10-13H2,1-4H3/t23-,25+,27+,28-,29?/m1/s1. The van der Waals surface area contributed by atoms with Gasteiger partial charge in [-0.05, 0) is 60.2 Å². The Labute approximate surface area is 236 Å². The van der Waals surface area contributed by atoms with Crippen LogP contribution in [0, 0.1) is 0 Å². The first-order chi connectivity index (χ1) is 19.8. The third-order valence-electron chi connectivity index (χ3n) is 8.00. The molecule has 0 aromatic heterocycles. The lowest BCUT2D eigenvalue weighted by Crippen LogP contribution is -2.58. The monoisotopic (exact) mass is 568 g/mol. The first-order valence-electron chi connectivity index (χ1n) is 13.5. The molecule has 2 fully saturated rings. The van der Waals surface area contributed by atoms with E-state index in [0.717, 1.165) is 33.0 Å². The van der Waals surface area contributed by atoms with Crippen LogP contribution in [-0.4, -0.2) is 74.3 Å². The highest BCUT2D eigenvalue weighted by atomic mass is 16.8. The highest BCUT2D eigenvalue weighted by Gasteiger charge is 2.56. The molecule has 0 spiro atoms. The van der Waals surface area contributed by atoms with E-state index in [4.69, 9.17) is 42.6 Å². The third-order valence-corrected chi connectivity index (χ3v) is 8.00. The van der Waals surface area contributed by atoms with Crippen LogP contribution in [0.1, 0.15) is 25.0 Å². The smallest absolute Gasteiger partial charge is 0.231 e. The molecule has 41 heavy (non-hydrogen) atoms. The van der Waals surface area contributed by atoms with Crippen molar-refractivity contribution in [2.75, 3.05) is 27.6 Å². The van der Waals surface area contributed by atoms with Crippen LogP contribution in [0.25, 0.3) is 21.9 Å². The Balaban J connectivity index is 1.41. The van der Waals surface area contributed by atoms with Crippen LogP contribution in [0.4, 0.5) is 0 Å². The Bertz CT molecular complexity index is 1500. The van der Waals surface area contributed by atoms with Gasteiger partial charge in [-0.2, -0.15) is 0 Å². The number of aliphatic hydroxyl groups excluding tert-OH is 2. The Morgan fingerprint density at radius 2 is 1.61 bits per heavy atom. The molecular weight excluding hydrogens is 536 g/mol. The normalized spacial score (nSPS) is 27.5. The minimum absolute atomic E-state index is 0.175. The molecule has 11 nitrogen and oxygen atoms in total. The maximum absolute atomic E-state index is 10.8. The van der Waals surface area contributed by atoms with Gasteiger partial charge in [0.2, 0.25) is 13.1 Å². The first kappa shape index (κ1) is 26.6. The number of aliphatic hydroxyl groups is 2. The molecule has 0 bridgehead atoms. The number of benzene rings is 3. The van der Waals surface area contributed by atoms with Crippen molar-refractivity contribution >= 4 is 10.8 Å². The molecule has 0 amide bonds. The Kier molecular flexibility index (Phi) is 6.42. The van der Waals surface area contributed by atoms with Gasteiger partial charge in [-0.25, -0.2) is 0 Å². The molecular formula is C30H32O11. The van der Waals surface area contributed by atoms with E-state index in [9.17, 15) is 10.2 Å². The van der Waals surface area contributed by atoms with Gasteiger partial charge in [-0.3, -0.25) is 0 Å². The van der Waals surface area contributed by atoms with Gasteiger partial charge in [0, 0.05) is 10.9 Å². The van der Waals surface area contributed by atoms with Crippen molar-refractivity contribution in [3.63, 3.8) is 0 Å². The van der Waals surface area contributed by atoms with E-state index in [1.54, 1.807) is 28.1 Å². The first-order valence-corrected chi connectivity index (χ1v) is 13.5. The lowest BCUT2D eigenvalue weighted by molar-refractivity contribution is -0.252. The van der Waals surface area contributed by atoms with Gasteiger partial charge in [0.05, 0.1) is 34.0 Å². The SMILES string of the molecule is COc1cc2c(OC3O[C@H](CO)[C@H](O)[C@@H]4OC(C)(C)O[C@@H]34)c3c(c(-c4ccc5c(c4)OCO5)c2cc1OC)COC3. The molecule has 2 saturated heterocycles. The summed E-state index contributed by atoms with van der Waals surface area (Å²) < 4.78 is 53.4. The lowest BCUT2D eigenvalue weighted by Gasteiger charge is -2.39. The molecule has 11 heteroatoms. The van der Waals surface area contributed by atoms with Crippen molar-refractivity contribution in [3.05, 3.63) is 41.5 Å². The maximum atomic E-state index is 10.8. The molecule has 218 valence electrons. The highest BCUT2D eigenvalue weighted by Crippen LogP contribution is 2.50. The van der Waals surface area contributed by atoms with Crippen molar-refractivity contribution in [2.45, 2.75) is 63.6 Å². The van der Waals surface area contributed by atoms with Crippen molar-refractivity contribution in [1.29, 1.82) is 0 Å². The third kappa shape index (κ3) is 4.27. The second-order valence-corrected chi connectivity index (χ2v) is 10.9. The zero-order valence-electron chi connectivity index (χ0n) is 23.2. The number of rotatable bonds is 6. The summed E-state index contributed by atoms with van der Waals surface area (Å²) in [6, 6.07) is 9.63. The van der Waals surface area contributed by atoms with Crippen LogP contribution in [0.15, 0.2) is 30.3 Å². The van der Waals surface area contributed by atoms with Crippen molar-refractivity contribution < 1.29 is 52.8 Å². The van der Waals surface area contributed by atoms with E-state index in [2.05, 4.69) is 0 Å². The number of hydrogen-bond donors (Lipinski definition) is 2. The van der Waals surface area contributed by atoms with E-state index in [-0.39, 0.29) is 6.79 Å². The van der Waals surface area contributed by atoms with Crippen LogP contribution in [0.2, 0.25) is 0 Å². The number of ether oxygens (including phenoxy) is 9. The summed E-state index contributed by atoms with van der Waals surface area (Å²) in [7, 11) is 3.17. The number of fused-ring (bicyclic) bond motifs is 4. The summed E-state index contributed by atoms with van der Waals surface area (Å²) in [6.07, 6.45) is -4.49. The fraction of sp³-hybridized carbons (Fsp3) is 0.467. The maximum Gasteiger partial charge on any atom is 0.231 e. The number of methoxy groups -OCH3 is 2. The summed E-state index contributed by atoms with van der Waals surface area (Å²) in [5.41, 5.74) is 3.68. The van der Waals surface area contributed by atoms with Gasteiger partial charge in [-0.1, -0.05) is 6.07 Å². The van der Waals surface area contributed by atoms with E-state index in [1.807, 2.05) is 30.3 Å². The second-order valence-electron chi connectivity index (χ2n) is 10.9. The molecule has 4 aliphatic rings. The fourth-order valence-electron chi connectivity index (χ4n) is 6.17. The summed E-state index contributed by atoms with van der Waals surface area (Å²) in [6.45, 7) is 3.96. The molecule has 3 aromatic rings. The average molecular weight is 569 g/mol. The van der Waals surface area contributed by atoms with E-state index in [1.165, 1.54) is 0 Å². The van der Waals surface area contributed by atoms with E-state index in [0.29, 0.717) is 42.0 Å². The predicted molar refractivity (Wildman–Crippen MR) is 143 cm³/mol. The molecule has 7 rings (SSSR count). The van der Waals surface area contributed by atoms with Gasteiger partial charge < -0.3 is 52.8 Å². The number of hydrogen-bond acceptors (Lipinski definition) is 11. The van der Waals surface area contributed by atoms with E-state index >= 15 is 0 Å². The minimum atomic E-state index is -1.09. The second kappa shape index (κ2) is 9.90. The lowest BCUT2D eigenvalue weighted by atomic mass is 9.89. The molecule has 4 heterocycles. The van der Waals surface area contributed by atoms with Crippen LogP contribution in [0.3, 0.4) is 0 Å². The van der Waals surface area contributed by atoms with E-state index < -0.39 is 43.1 Å². The van der Waals surface area contributed by atoms with Crippen LogP contribution < -0.4 is 23.7 Å². The zero-order valence-corrected chi connectivity index (χ0v) is 23.2. The molecule has 0 saturated carbocycles. The zero-order chi connectivity index (χ0) is 28.5. The van der Waals surface area contributed by atoms with Crippen molar-refractivity contribution in [1.82, 2.24) is 0 Å². The molecule has 2 N–H and O–H groups in total. The average Bonchev–Trinajstić information content (AvgIpc) is 3.71. The fourth-order valence-corrected chi connectivity index (χ4v) is 6.17.